The Labute approximate surface area is 158 Å². The van der Waals surface area contributed by atoms with E-state index in [0.717, 1.165) is 38.0 Å². The summed E-state index contributed by atoms with van der Waals surface area (Å²) in [5, 5.41) is 20.9. The monoisotopic (exact) mass is 376 g/mol. The third-order valence-electron chi connectivity index (χ3n) is 5.13. The van der Waals surface area contributed by atoms with E-state index in [1.807, 2.05) is 31.2 Å². The molecule has 26 heavy (non-hydrogen) atoms. The quantitative estimate of drug-likeness (QED) is 0.435. The molecule has 0 saturated carbocycles. The molecule has 140 valence electrons. The molecule has 1 aromatic carbocycles. The maximum atomic E-state index is 12.2. The lowest BCUT2D eigenvalue weighted by Gasteiger charge is -2.47. The Bertz CT molecular complexity index is 682. The molecule has 0 radical (unpaired) electrons. The van der Waals surface area contributed by atoms with Crippen LogP contribution in [-0.2, 0) is 15.1 Å². The van der Waals surface area contributed by atoms with Gasteiger partial charge in [0, 0.05) is 24.0 Å². The van der Waals surface area contributed by atoms with Crippen LogP contribution in [0.4, 0.5) is 5.69 Å². The van der Waals surface area contributed by atoms with Crippen molar-refractivity contribution in [1.29, 1.82) is 10.8 Å². The van der Waals surface area contributed by atoms with Gasteiger partial charge in [0.25, 0.3) is 5.91 Å². The molecule has 2 bridgehead atoms. The van der Waals surface area contributed by atoms with Crippen molar-refractivity contribution in [2.75, 3.05) is 18.5 Å². The Morgan fingerprint density at radius 3 is 2.69 bits per heavy atom. The molecule has 3 atom stereocenters. The van der Waals surface area contributed by atoms with E-state index in [-0.39, 0.29) is 17.0 Å². The zero-order valence-corrected chi connectivity index (χ0v) is 15.7. The number of carbonyl (C=O) groups is 1. The summed E-state index contributed by atoms with van der Waals surface area (Å²) in [6, 6.07) is 8.03. The summed E-state index contributed by atoms with van der Waals surface area (Å²) in [7, 11) is 0. The highest BCUT2D eigenvalue weighted by Gasteiger charge is 2.42. The summed E-state index contributed by atoms with van der Waals surface area (Å²) in [6.07, 6.45) is 3.35. The number of benzene rings is 1. The van der Waals surface area contributed by atoms with Gasteiger partial charge in [0.05, 0.1) is 6.61 Å². The van der Waals surface area contributed by atoms with Gasteiger partial charge in [-0.25, -0.2) is 0 Å². The predicted molar refractivity (Wildman–Crippen MR) is 104 cm³/mol. The third kappa shape index (κ3) is 3.82. The number of anilines is 1. The fraction of sp³-hybridized carbons (Fsp3) is 0.526. The minimum atomic E-state index is -0.981. The molecule has 3 aliphatic rings. The molecule has 6 nitrogen and oxygen atoms in total. The number of alkyl halides is 1. The molecule has 0 aromatic heterocycles. The average Bonchev–Trinajstić information content (AvgIpc) is 2.69. The molecule has 7 heteroatoms. The zero-order valence-electron chi connectivity index (χ0n) is 14.9. The summed E-state index contributed by atoms with van der Waals surface area (Å²) in [5.41, 5.74) is 1.31. The van der Waals surface area contributed by atoms with Crippen molar-refractivity contribution in [2.24, 2.45) is 0 Å². The third-order valence-corrected chi connectivity index (χ3v) is 5.61. The molecule has 1 aromatic rings. The number of piperidine rings is 1. The molecule has 3 aliphatic heterocycles. The SMILES string of the molecule is CCCC(=N)C(Cl)C(=N)C(=O)Nc1ccc(C23CCC(CO2)NC3)cc1. The number of ether oxygens (including phenoxy) is 1. The van der Waals surface area contributed by atoms with Gasteiger partial charge in [-0.15, -0.1) is 11.6 Å². The lowest BCUT2D eigenvalue weighted by Crippen LogP contribution is -2.57. The smallest absolute Gasteiger partial charge is 0.271 e. The topological polar surface area (TPSA) is 98.1 Å². The number of rotatable bonds is 7. The molecule has 3 saturated heterocycles. The van der Waals surface area contributed by atoms with Gasteiger partial charge in [0.1, 0.15) is 16.7 Å². The zero-order chi connectivity index (χ0) is 18.7. The molecule has 1 amide bonds. The molecular weight excluding hydrogens is 352 g/mol. The number of nitrogens with one attached hydrogen (secondary N) is 4. The number of morpholine rings is 1. The summed E-state index contributed by atoms with van der Waals surface area (Å²) >= 11 is 6.06. The van der Waals surface area contributed by atoms with Gasteiger partial charge in [0.2, 0.25) is 0 Å². The number of halogens is 1. The van der Waals surface area contributed by atoms with Crippen molar-refractivity contribution in [2.45, 2.75) is 49.6 Å². The first kappa shape index (κ1) is 19.0. The number of hydrogen-bond acceptors (Lipinski definition) is 5. The second kappa shape index (κ2) is 7.86. The van der Waals surface area contributed by atoms with E-state index >= 15 is 0 Å². The van der Waals surface area contributed by atoms with Crippen molar-refractivity contribution >= 4 is 34.6 Å². The molecule has 4 rings (SSSR count). The highest BCUT2D eigenvalue weighted by molar-refractivity contribution is 6.58. The van der Waals surface area contributed by atoms with Crippen LogP contribution >= 0.6 is 11.6 Å². The Morgan fingerprint density at radius 2 is 2.15 bits per heavy atom. The van der Waals surface area contributed by atoms with Gasteiger partial charge in [-0.2, -0.15) is 0 Å². The van der Waals surface area contributed by atoms with Gasteiger partial charge in [0.15, 0.2) is 0 Å². The summed E-state index contributed by atoms with van der Waals surface area (Å²) < 4.78 is 6.07. The van der Waals surface area contributed by atoms with Crippen LogP contribution < -0.4 is 10.6 Å². The second-order valence-electron chi connectivity index (χ2n) is 7.00. The van der Waals surface area contributed by atoms with E-state index in [4.69, 9.17) is 27.2 Å². The minimum Gasteiger partial charge on any atom is -0.367 e. The first-order valence-electron chi connectivity index (χ1n) is 9.04. The predicted octanol–water partition coefficient (Wildman–Crippen LogP) is 3.05. The van der Waals surface area contributed by atoms with Crippen LogP contribution in [-0.4, -0.2) is 41.9 Å². The van der Waals surface area contributed by atoms with Crippen LogP contribution in [0.2, 0.25) is 0 Å². The van der Waals surface area contributed by atoms with Gasteiger partial charge >= 0.3 is 0 Å². The first-order valence-corrected chi connectivity index (χ1v) is 9.48. The van der Waals surface area contributed by atoms with Crippen molar-refractivity contribution in [3.8, 4) is 0 Å². The fourth-order valence-electron chi connectivity index (χ4n) is 3.50. The first-order chi connectivity index (χ1) is 12.4. The van der Waals surface area contributed by atoms with Crippen LogP contribution in [0.3, 0.4) is 0 Å². The van der Waals surface area contributed by atoms with E-state index in [2.05, 4.69) is 10.6 Å². The van der Waals surface area contributed by atoms with Crippen LogP contribution in [0, 0.1) is 10.8 Å². The van der Waals surface area contributed by atoms with E-state index in [9.17, 15) is 4.79 Å². The van der Waals surface area contributed by atoms with Gasteiger partial charge in [-0.1, -0.05) is 25.5 Å². The maximum absolute atomic E-state index is 12.2. The molecule has 4 N–H and O–H groups in total. The average molecular weight is 377 g/mol. The minimum absolute atomic E-state index is 0.196. The molecule has 3 heterocycles. The van der Waals surface area contributed by atoms with Gasteiger partial charge in [-0.05, 0) is 37.0 Å². The Kier molecular flexibility index (Phi) is 5.75. The van der Waals surface area contributed by atoms with Crippen molar-refractivity contribution in [1.82, 2.24) is 5.32 Å². The number of amides is 1. The van der Waals surface area contributed by atoms with Gasteiger partial charge in [-0.3, -0.25) is 10.2 Å². The Balaban J connectivity index is 1.63. The standard InChI is InChI=1S/C19H25ClN4O2/c1-2-3-15(21)16(20)17(22)18(25)24-13-6-4-12(5-7-13)19-9-8-14(10-26-19)23-11-19/h4-7,14,16,21-23H,2-3,8-11H2,1H3,(H,24,25). The van der Waals surface area contributed by atoms with E-state index in [0.29, 0.717) is 18.2 Å². The van der Waals surface area contributed by atoms with Crippen LogP contribution in [0.25, 0.3) is 0 Å². The molecule has 3 unspecified atom stereocenters. The summed E-state index contributed by atoms with van der Waals surface area (Å²) in [4.78, 5) is 12.2. The van der Waals surface area contributed by atoms with Gasteiger partial charge < -0.3 is 20.8 Å². The highest BCUT2D eigenvalue weighted by Crippen LogP contribution is 2.38. The van der Waals surface area contributed by atoms with E-state index in [1.165, 1.54) is 0 Å². The Hall–Kier alpha value is -1.76. The fourth-order valence-corrected chi connectivity index (χ4v) is 3.71. The second-order valence-corrected chi connectivity index (χ2v) is 7.44. The van der Waals surface area contributed by atoms with Crippen LogP contribution in [0.5, 0.6) is 0 Å². The van der Waals surface area contributed by atoms with Crippen molar-refractivity contribution in [3.05, 3.63) is 29.8 Å². The normalized spacial score (nSPS) is 25.5. The molecule has 0 aliphatic carbocycles. The van der Waals surface area contributed by atoms with Crippen molar-refractivity contribution in [3.63, 3.8) is 0 Å². The largest absolute Gasteiger partial charge is 0.367 e. The van der Waals surface area contributed by atoms with Crippen molar-refractivity contribution < 1.29 is 9.53 Å². The lowest BCUT2D eigenvalue weighted by molar-refractivity contribution is -0.129. The van der Waals surface area contributed by atoms with E-state index < -0.39 is 11.3 Å². The maximum Gasteiger partial charge on any atom is 0.271 e. The number of carbonyl (C=O) groups excluding carboxylic acids is 1. The number of fused-ring (bicyclic) bond motifs is 3. The lowest BCUT2D eigenvalue weighted by atomic mass is 9.81. The Morgan fingerprint density at radius 1 is 1.42 bits per heavy atom. The molecule has 0 spiro atoms. The molecule has 3 fully saturated rings. The summed E-state index contributed by atoms with van der Waals surface area (Å²) in [6.45, 7) is 3.47. The van der Waals surface area contributed by atoms with Crippen LogP contribution in [0.1, 0.15) is 38.2 Å². The highest BCUT2D eigenvalue weighted by atomic mass is 35.5. The summed E-state index contributed by atoms with van der Waals surface area (Å²) in [5.74, 6) is -0.576. The van der Waals surface area contributed by atoms with E-state index in [1.54, 1.807) is 0 Å². The van der Waals surface area contributed by atoms with Crippen LogP contribution in [0.15, 0.2) is 24.3 Å². The number of hydrogen-bond donors (Lipinski definition) is 4. The molecular formula is C19H25ClN4O2.